The maximum atomic E-state index is 12.9. The SMILES string of the molecule is Cc1c(C)[n+](CC(C)C)c2n1C1C(=O)N(CC(=O)O)C(=O)N(C)C1=N2. The number of amides is 3. The van der Waals surface area contributed by atoms with Crippen molar-refractivity contribution < 1.29 is 24.1 Å². The van der Waals surface area contributed by atoms with E-state index in [2.05, 4.69) is 18.8 Å². The van der Waals surface area contributed by atoms with Gasteiger partial charge in [0.1, 0.15) is 17.9 Å². The summed E-state index contributed by atoms with van der Waals surface area (Å²) in [4.78, 5) is 42.9. The van der Waals surface area contributed by atoms with E-state index in [1.165, 1.54) is 11.9 Å². The van der Waals surface area contributed by atoms with E-state index in [4.69, 9.17) is 5.11 Å². The molecule has 1 saturated heterocycles. The summed E-state index contributed by atoms with van der Waals surface area (Å²) < 4.78 is 3.84. The molecule has 9 heteroatoms. The molecule has 9 nitrogen and oxygen atoms in total. The third-order valence-corrected chi connectivity index (χ3v) is 4.67. The van der Waals surface area contributed by atoms with E-state index in [-0.39, 0.29) is 0 Å². The molecule has 0 saturated carbocycles. The molecule has 3 rings (SSSR count). The first-order valence-electron chi connectivity index (χ1n) is 8.15. The molecule has 0 aliphatic carbocycles. The van der Waals surface area contributed by atoms with Gasteiger partial charge in [0.15, 0.2) is 0 Å². The van der Waals surface area contributed by atoms with Crippen LogP contribution < -0.4 is 4.57 Å². The molecule has 3 heterocycles. The molecule has 1 N–H and O–H groups in total. The lowest BCUT2D eigenvalue weighted by Gasteiger charge is -2.32. The topological polar surface area (TPSA) is 99.1 Å². The number of aliphatic carboxylic acids is 1. The number of fused-ring (bicyclic) bond motifs is 3. The largest absolute Gasteiger partial charge is 0.480 e. The van der Waals surface area contributed by atoms with Crippen molar-refractivity contribution in [2.24, 2.45) is 10.9 Å². The fourth-order valence-corrected chi connectivity index (χ4v) is 3.37. The highest BCUT2D eigenvalue weighted by Gasteiger charge is 2.54. The van der Waals surface area contributed by atoms with Crippen LogP contribution in [0.15, 0.2) is 4.99 Å². The van der Waals surface area contributed by atoms with Crippen LogP contribution in [0.2, 0.25) is 0 Å². The van der Waals surface area contributed by atoms with Crippen molar-refractivity contribution in [3.8, 4) is 0 Å². The number of urea groups is 1. The Morgan fingerprint density at radius 3 is 2.52 bits per heavy atom. The maximum Gasteiger partial charge on any atom is 0.402 e. The summed E-state index contributed by atoms with van der Waals surface area (Å²) in [6, 6.07) is -1.47. The summed E-state index contributed by atoms with van der Waals surface area (Å²) in [5.74, 6) is -0.445. The van der Waals surface area contributed by atoms with Gasteiger partial charge in [-0.25, -0.2) is 18.8 Å². The van der Waals surface area contributed by atoms with Crippen LogP contribution in [0.1, 0.15) is 31.3 Å². The highest BCUT2D eigenvalue weighted by molar-refractivity contribution is 6.21. The lowest BCUT2D eigenvalue weighted by Crippen LogP contribution is -2.58. The smallest absolute Gasteiger partial charge is 0.402 e. The predicted octanol–water partition coefficient (Wildman–Crippen LogP) is 0.612. The van der Waals surface area contributed by atoms with Crippen LogP contribution in [0.5, 0.6) is 0 Å². The Morgan fingerprint density at radius 2 is 1.96 bits per heavy atom. The summed E-state index contributed by atoms with van der Waals surface area (Å²) in [6.45, 7) is 8.14. The number of hydrogen-bond donors (Lipinski definition) is 1. The molecule has 1 aromatic rings. The van der Waals surface area contributed by atoms with Gasteiger partial charge in [-0.05, 0) is 19.8 Å². The van der Waals surface area contributed by atoms with Gasteiger partial charge in [0.25, 0.3) is 5.91 Å². The van der Waals surface area contributed by atoms with Gasteiger partial charge in [-0.15, -0.1) is 0 Å². The molecular formula is C16H22N5O4+. The standard InChI is InChI=1S/C16H21N5O4/c1-8(2)6-19-9(3)10(4)21-12-13(17-15(19)21)18(5)16(25)20(14(12)24)7-11(22)23/h8,12H,6-7H2,1-5H3/p+1. The van der Waals surface area contributed by atoms with Crippen LogP contribution in [0, 0.1) is 19.8 Å². The number of carbonyl (C=O) groups excluding carboxylic acids is 2. The number of aliphatic imine (C=N–C) groups is 1. The molecule has 0 radical (unpaired) electrons. The van der Waals surface area contributed by atoms with Crippen molar-refractivity contribution in [1.82, 2.24) is 14.4 Å². The number of hydrogen-bond acceptors (Lipinski definition) is 4. The molecule has 2 aliphatic rings. The molecule has 0 aromatic carbocycles. The predicted molar refractivity (Wildman–Crippen MR) is 87.6 cm³/mol. The number of nitrogens with zero attached hydrogens (tertiary/aromatic N) is 5. The van der Waals surface area contributed by atoms with E-state index >= 15 is 0 Å². The molecule has 1 atom stereocenters. The van der Waals surface area contributed by atoms with Crippen LogP contribution >= 0.6 is 0 Å². The molecule has 1 fully saturated rings. The Balaban J connectivity index is 2.13. The van der Waals surface area contributed by atoms with Crippen LogP contribution in [-0.2, 0) is 16.1 Å². The molecule has 25 heavy (non-hydrogen) atoms. The molecule has 0 bridgehead atoms. The van der Waals surface area contributed by atoms with E-state index in [0.717, 1.165) is 22.8 Å². The third kappa shape index (κ3) is 2.41. The molecule has 0 spiro atoms. The number of imidazole rings is 1. The first kappa shape index (κ1) is 17.1. The second-order valence-electron chi connectivity index (χ2n) is 6.88. The minimum atomic E-state index is -1.23. The van der Waals surface area contributed by atoms with Gasteiger partial charge in [-0.3, -0.25) is 14.5 Å². The fraction of sp³-hybridized carbons (Fsp3) is 0.562. The molecule has 1 aromatic heterocycles. The Labute approximate surface area is 145 Å². The lowest BCUT2D eigenvalue weighted by atomic mass is 10.1. The Morgan fingerprint density at radius 1 is 1.32 bits per heavy atom. The van der Waals surface area contributed by atoms with Crippen molar-refractivity contribution in [2.75, 3.05) is 13.6 Å². The van der Waals surface area contributed by atoms with Gasteiger partial charge in [0.2, 0.25) is 11.9 Å². The van der Waals surface area contributed by atoms with Crippen LogP contribution in [0.4, 0.5) is 10.7 Å². The summed E-state index contributed by atoms with van der Waals surface area (Å²) in [5, 5.41) is 9.02. The maximum absolute atomic E-state index is 12.9. The number of imide groups is 1. The van der Waals surface area contributed by atoms with E-state index in [0.29, 0.717) is 17.7 Å². The number of carbonyl (C=O) groups is 3. The quantitative estimate of drug-likeness (QED) is 0.806. The average Bonchev–Trinajstić information content (AvgIpc) is 3.01. The Kier molecular flexibility index (Phi) is 3.89. The van der Waals surface area contributed by atoms with Gasteiger partial charge < -0.3 is 5.11 Å². The lowest BCUT2D eigenvalue weighted by molar-refractivity contribution is -0.694. The van der Waals surface area contributed by atoms with Gasteiger partial charge in [0, 0.05) is 7.05 Å². The monoisotopic (exact) mass is 348 g/mol. The highest BCUT2D eigenvalue weighted by Crippen LogP contribution is 2.35. The zero-order valence-corrected chi connectivity index (χ0v) is 15.0. The number of aromatic nitrogens is 2. The van der Waals surface area contributed by atoms with Crippen LogP contribution in [0.3, 0.4) is 0 Å². The minimum absolute atomic E-state index is 0.340. The van der Waals surface area contributed by atoms with Crippen molar-refractivity contribution >= 4 is 29.7 Å². The molecule has 2 aliphatic heterocycles. The van der Waals surface area contributed by atoms with Crippen LogP contribution in [0.25, 0.3) is 0 Å². The summed E-state index contributed by atoms with van der Waals surface area (Å²) in [5.41, 5.74) is 1.88. The first-order valence-corrected chi connectivity index (χ1v) is 8.15. The molecule has 1 unspecified atom stereocenters. The summed E-state index contributed by atoms with van der Waals surface area (Å²) in [6.07, 6.45) is 0. The van der Waals surface area contributed by atoms with Gasteiger partial charge >= 0.3 is 17.9 Å². The van der Waals surface area contributed by atoms with Gasteiger partial charge in [-0.1, -0.05) is 18.8 Å². The molecule has 3 amide bonds. The van der Waals surface area contributed by atoms with E-state index in [1.54, 1.807) is 4.57 Å². The molecule has 134 valence electrons. The van der Waals surface area contributed by atoms with Crippen molar-refractivity contribution in [1.29, 1.82) is 0 Å². The Bertz CT molecular complexity index is 823. The second-order valence-corrected chi connectivity index (χ2v) is 6.88. The van der Waals surface area contributed by atoms with Crippen LogP contribution in [-0.4, -0.2) is 56.8 Å². The van der Waals surface area contributed by atoms with Gasteiger partial charge in [0.05, 0.1) is 6.54 Å². The highest BCUT2D eigenvalue weighted by atomic mass is 16.4. The van der Waals surface area contributed by atoms with Gasteiger partial charge in [-0.2, -0.15) is 0 Å². The zero-order chi connectivity index (χ0) is 18.6. The van der Waals surface area contributed by atoms with E-state index in [9.17, 15) is 14.4 Å². The number of rotatable bonds is 4. The minimum Gasteiger partial charge on any atom is -0.480 e. The molecular weight excluding hydrogens is 326 g/mol. The summed E-state index contributed by atoms with van der Waals surface area (Å²) in [7, 11) is 1.51. The fourth-order valence-electron chi connectivity index (χ4n) is 3.37. The van der Waals surface area contributed by atoms with E-state index < -0.39 is 30.5 Å². The van der Waals surface area contributed by atoms with Crippen molar-refractivity contribution in [3.05, 3.63) is 11.4 Å². The Hall–Kier alpha value is -2.71. The van der Waals surface area contributed by atoms with Crippen molar-refractivity contribution in [3.63, 3.8) is 0 Å². The zero-order valence-electron chi connectivity index (χ0n) is 15.0. The number of likely N-dealkylation sites (N-methyl/N-ethyl adjacent to an activating group) is 1. The third-order valence-electron chi connectivity index (χ3n) is 4.67. The average molecular weight is 348 g/mol. The normalized spacial score (nSPS) is 19.4. The number of carboxylic acids is 1. The van der Waals surface area contributed by atoms with Crippen molar-refractivity contribution in [2.45, 2.75) is 40.3 Å². The number of carboxylic acid groups (broad SMARTS) is 1. The van der Waals surface area contributed by atoms with E-state index in [1.807, 2.05) is 18.4 Å². The first-order chi connectivity index (χ1) is 11.6. The number of amidine groups is 1. The summed E-state index contributed by atoms with van der Waals surface area (Å²) >= 11 is 0. The second kappa shape index (κ2) is 5.68.